The van der Waals surface area contributed by atoms with E-state index in [9.17, 15) is 18.0 Å². The van der Waals surface area contributed by atoms with Gasteiger partial charge in [0.05, 0.1) is 19.1 Å². The second-order valence-electron chi connectivity index (χ2n) is 4.68. The highest BCUT2D eigenvalue weighted by Crippen LogP contribution is 2.41. The summed E-state index contributed by atoms with van der Waals surface area (Å²) >= 11 is 0. The molecule has 1 aliphatic carbocycles. The summed E-state index contributed by atoms with van der Waals surface area (Å²) in [6, 6.07) is 0. The predicted molar refractivity (Wildman–Crippen MR) is 64.2 cm³/mol. The second-order valence-corrected chi connectivity index (χ2v) is 4.68. The van der Waals surface area contributed by atoms with Crippen molar-refractivity contribution < 1.29 is 22.7 Å². The summed E-state index contributed by atoms with van der Waals surface area (Å²) < 4.78 is 42.8. The Labute approximate surface area is 110 Å². The van der Waals surface area contributed by atoms with Crippen LogP contribution in [0.15, 0.2) is 0 Å². The molecule has 1 saturated carbocycles. The highest BCUT2D eigenvalue weighted by atomic mass is 19.4. The number of carbonyl (C=O) groups excluding carboxylic acids is 1. The van der Waals surface area contributed by atoms with E-state index in [0.29, 0.717) is 0 Å². The quantitative estimate of drug-likeness (QED) is 0.633. The molecule has 6 heteroatoms. The molecule has 0 aromatic carbocycles. The van der Waals surface area contributed by atoms with Crippen molar-refractivity contribution in [1.82, 2.24) is 5.32 Å². The minimum Gasteiger partial charge on any atom is -0.465 e. The van der Waals surface area contributed by atoms with E-state index in [1.807, 2.05) is 0 Å². The molecule has 19 heavy (non-hydrogen) atoms. The van der Waals surface area contributed by atoms with Crippen LogP contribution >= 0.6 is 0 Å². The lowest BCUT2D eigenvalue weighted by molar-refractivity contribution is -0.189. The third-order valence-electron chi connectivity index (χ3n) is 3.50. The van der Waals surface area contributed by atoms with Crippen LogP contribution in [-0.4, -0.2) is 30.8 Å². The van der Waals surface area contributed by atoms with Crippen LogP contribution in [-0.2, 0) is 9.53 Å². The average Bonchev–Trinajstić information content (AvgIpc) is 2.36. The second kappa shape index (κ2) is 6.29. The number of alkyl halides is 3. The molecule has 108 valence electrons. The van der Waals surface area contributed by atoms with Crippen LogP contribution < -0.4 is 5.32 Å². The molecule has 0 heterocycles. The van der Waals surface area contributed by atoms with Crippen LogP contribution in [0.5, 0.6) is 0 Å². The van der Waals surface area contributed by atoms with E-state index in [1.54, 1.807) is 6.92 Å². The van der Waals surface area contributed by atoms with E-state index in [1.165, 1.54) is 0 Å². The summed E-state index contributed by atoms with van der Waals surface area (Å²) in [5, 5.41) is 2.86. The van der Waals surface area contributed by atoms with Gasteiger partial charge in [0.1, 0.15) is 5.54 Å². The number of carbonyl (C=O) groups is 1. The van der Waals surface area contributed by atoms with Gasteiger partial charge < -0.3 is 4.74 Å². The number of nitrogens with one attached hydrogen (secondary N) is 1. The Hall–Kier alpha value is -1.22. The third-order valence-corrected chi connectivity index (χ3v) is 3.50. The number of hydrogen-bond acceptors (Lipinski definition) is 3. The molecule has 0 spiro atoms. The van der Waals surface area contributed by atoms with Gasteiger partial charge in [-0.1, -0.05) is 5.92 Å². The summed E-state index contributed by atoms with van der Waals surface area (Å²) in [4.78, 5) is 11.9. The van der Waals surface area contributed by atoms with Crippen molar-refractivity contribution in [1.29, 1.82) is 0 Å². The largest absolute Gasteiger partial charge is 0.465 e. The van der Waals surface area contributed by atoms with Crippen LogP contribution in [0, 0.1) is 18.3 Å². The zero-order valence-corrected chi connectivity index (χ0v) is 10.8. The SMILES string of the molecule is C#CCNC1(C(=O)OCC)CCC(C(F)(F)F)CC1. The van der Waals surface area contributed by atoms with Crippen molar-refractivity contribution in [3.05, 3.63) is 0 Å². The molecule has 0 unspecified atom stereocenters. The lowest BCUT2D eigenvalue weighted by atomic mass is 9.76. The van der Waals surface area contributed by atoms with E-state index in [4.69, 9.17) is 11.2 Å². The molecule has 0 amide bonds. The van der Waals surface area contributed by atoms with Gasteiger partial charge in [-0.15, -0.1) is 6.42 Å². The van der Waals surface area contributed by atoms with Crippen molar-refractivity contribution in [2.75, 3.05) is 13.2 Å². The summed E-state index contributed by atoms with van der Waals surface area (Å²) in [5.41, 5.74) is -1.07. The standard InChI is InChI=1S/C13H18F3NO2/c1-3-9-17-12(11(18)19-4-2)7-5-10(6-8-12)13(14,15)16/h1,10,17H,4-9H2,2H3. The first kappa shape index (κ1) is 15.8. The van der Waals surface area contributed by atoms with Crippen LogP contribution in [0.3, 0.4) is 0 Å². The van der Waals surface area contributed by atoms with Crippen LogP contribution in [0.1, 0.15) is 32.6 Å². The first-order valence-corrected chi connectivity index (χ1v) is 6.28. The number of rotatable bonds is 4. The molecule has 3 nitrogen and oxygen atoms in total. The number of terminal acetylenes is 1. The van der Waals surface area contributed by atoms with Crippen molar-refractivity contribution in [2.45, 2.75) is 44.3 Å². The average molecular weight is 277 g/mol. The zero-order chi connectivity index (χ0) is 14.5. The molecule has 0 saturated heterocycles. The number of hydrogen-bond donors (Lipinski definition) is 1. The van der Waals surface area contributed by atoms with Gasteiger partial charge in [-0.25, -0.2) is 0 Å². The Balaban J connectivity index is 2.75. The van der Waals surface area contributed by atoms with Crippen molar-refractivity contribution in [3.8, 4) is 12.3 Å². The molecule has 0 aliphatic heterocycles. The number of halogens is 3. The maximum absolute atomic E-state index is 12.6. The first-order valence-electron chi connectivity index (χ1n) is 6.28. The molecule has 0 atom stereocenters. The Morgan fingerprint density at radius 2 is 2.05 bits per heavy atom. The Kier molecular flexibility index (Phi) is 5.24. The lowest BCUT2D eigenvalue weighted by Crippen LogP contribution is -2.56. The highest BCUT2D eigenvalue weighted by Gasteiger charge is 2.49. The maximum Gasteiger partial charge on any atom is 0.391 e. The van der Waals surface area contributed by atoms with E-state index in [-0.39, 0.29) is 38.8 Å². The molecule has 0 aromatic rings. The van der Waals surface area contributed by atoms with Gasteiger partial charge in [0, 0.05) is 0 Å². The monoisotopic (exact) mass is 277 g/mol. The van der Waals surface area contributed by atoms with Gasteiger partial charge in [0.2, 0.25) is 0 Å². The molecular weight excluding hydrogens is 259 g/mol. The minimum absolute atomic E-state index is 0.0834. The molecule has 1 fully saturated rings. The van der Waals surface area contributed by atoms with Crippen LogP contribution in [0.4, 0.5) is 13.2 Å². The van der Waals surface area contributed by atoms with Gasteiger partial charge in [0.15, 0.2) is 0 Å². The molecule has 0 aromatic heterocycles. The van der Waals surface area contributed by atoms with E-state index < -0.39 is 23.6 Å². The molecular formula is C13H18F3NO2. The lowest BCUT2D eigenvalue weighted by Gasteiger charge is -2.38. The first-order chi connectivity index (χ1) is 8.85. The van der Waals surface area contributed by atoms with Gasteiger partial charge in [-0.3, -0.25) is 10.1 Å². The van der Waals surface area contributed by atoms with E-state index in [0.717, 1.165) is 0 Å². The van der Waals surface area contributed by atoms with E-state index >= 15 is 0 Å². The van der Waals surface area contributed by atoms with Crippen molar-refractivity contribution in [2.24, 2.45) is 5.92 Å². The summed E-state index contributed by atoms with van der Waals surface area (Å²) in [7, 11) is 0. The smallest absolute Gasteiger partial charge is 0.391 e. The fourth-order valence-corrected chi connectivity index (χ4v) is 2.38. The number of ether oxygens (including phenoxy) is 1. The molecule has 1 rings (SSSR count). The fourth-order valence-electron chi connectivity index (χ4n) is 2.38. The molecule has 0 radical (unpaired) electrons. The number of esters is 1. The van der Waals surface area contributed by atoms with Crippen LogP contribution in [0.25, 0.3) is 0 Å². The van der Waals surface area contributed by atoms with Gasteiger partial charge in [-0.2, -0.15) is 13.2 Å². The van der Waals surface area contributed by atoms with Gasteiger partial charge in [-0.05, 0) is 32.6 Å². The van der Waals surface area contributed by atoms with Crippen LogP contribution in [0.2, 0.25) is 0 Å². The Morgan fingerprint density at radius 3 is 2.47 bits per heavy atom. The molecule has 1 N–H and O–H groups in total. The third kappa shape index (κ3) is 3.87. The van der Waals surface area contributed by atoms with Crippen molar-refractivity contribution in [3.63, 3.8) is 0 Å². The Morgan fingerprint density at radius 1 is 1.47 bits per heavy atom. The molecule has 1 aliphatic rings. The summed E-state index contributed by atoms with van der Waals surface area (Å²) in [5.74, 6) is 0.484. The predicted octanol–water partition coefficient (Wildman–Crippen LogP) is 2.26. The summed E-state index contributed by atoms with van der Waals surface area (Å²) in [6.07, 6.45) is 0.952. The van der Waals surface area contributed by atoms with Crippen molar-refractivity contribution >= 4 is 5.97 Å². The van der Waals surface area contributed by atoms with Gasteiger partial charge in [0.25, 0.3) is 0 Å². The topological polar surface area (TPSA) is 38.3 Å². The summed E-state index contributed by atoms with van der Waals surface area (Å²) in [6.45, 7) is 1.99. The van der Waals surface area contributed by atoms with Gasteiger partial charge >= 0.3 is 12.1 Å². The Bertz CT molecular complexity index is 352. The molecule has 0 bridgehead atoms. The van der Waals surface area contributed by atoms with E-state index in [2.05, 4.69) is 11.2 Å². The minimum atomic E-state index is -4.20. The normalized spacial score (nSPS) is 27.6. The fraction of sp³-hybridized carbons (Fsp3) is 0.769. The zero-order valence-electron chi connectivity index (χ0n) is 10.8. The maximum atomic E-state index is 12.6. The highest BCUT2D eigenvalue weighted by molar-refractivity contribution is 5.81.